The van der Waals surface area contributed by atoms with Crippen LogP contribution in [-0.2, 0) is 0 Å². The second-order valence-electron chi connectivity index (χ2n) is 5.95. The van der Waals surface area contributed by atoms with Crippen molar-refractivity contribution in [3.63, 3.8) is 0 Å². The van der Waals surface area contributed by atoms with Crippen LogP contribution in [0.2, 0.25) is 0 Å². The highest BCUT2D eigenvalue weighted by Gasteiger charge is 2.24. The highest BCUT2D eigenvalue weighted by Crippen LogP contribution is 2.44. The molecule has 1 fully saturated rings. The lowest BCUT2D eigenvalue weighted by atomic mass is 10.1. The molecular formula is C15H25N3O2S. The number of nitrogen functional groups attached to an aromatic ring is 1. The summed E-state index contributed by atoms with van der Waals surface area (Å²) in [5, 5.41) is 4.42. The summed E-state index contributed by atoms with van der Waals surface area (Å²) in [6.07, 6.45) is 2.20. The summed E-state index contributed by atoms with van der Waals surface area (Å²) in [5.41, 5.74) is 6.57. The topological polar surface area (TPSA) is 67.6 Å². The minimum absolute atomic E-state index is 0.0115. The number of thiophene rings is 1. The molecule has 1 aliphatic heterocycles. The van der Waals surface area contributed by atoms with Crippen LogP contribution in [0.5, 0.6) is 5.75 Å². The minimum Gasteiger partial charge on any atom is -0.486 e. The Kier molecular flexibility index (Phi) is 5.11. The number of carbonyl (C=O) groups excluding carboxylic acids is 1. The Morgan fingerprint density at radius 1 is 1.43 bits per heavy atom. The van der Waals surface area contributed by atoms with Gasteiger partial charge in [0.15, 0.2) is 11.5 Å². The van der Waals surface area contributed by atoms with Gasteiger partial charge in [-0.2, -0.15) is 0 Å². The van der Waals surface area contributed by atoms with Crippen LogP contribution in [-0.4, -0.2) is 43.0 Å². The molecule has 0 amide bonds. The van der Waals surface area contributed by atoms with Gasteiger partial charge >= 0.3 is 0 Å². The largest absolute Gasteiger partial charge is 0.486 e. The lowest BCUT2D eigenvalue weighted by molar-refractivity contribution is 0.102. The van der Waals surface area contributed by atoms with Gasteiger partial charge in [-0.15, -0.1) is 11.3 Å². The van der Waals surface area contributed by atoms with Crippen LogP contribution in [0.15, 0.2) is 0 Å². The predicted molar refractivity (Wildman–Crippen MR) is 88.6 cm³/mol. The second kappa shape index (κ2) is 6.66. The molecule has 1 saturated heterocycles. The van der Waals surface area contributed by atoms with Crippen molar-refractivity contribution in [2.45, 2.75) is 45.8 Å². The molecule has 0 bridgehead atoms. The molecule has 5 nitrogen and oxygen atoms in total. The first kappa shape index (κ1) is 16.1. The molecule has 1 aromatic heterocycles. The average Bonchev–Trinajstić information content (AvgIpc) is 2.70. The molecule has 1 aliphatic rings. The molecule has 0 radical (unpaired) electrons. The average molecular weight is 311 g/mol. The fourth-order valence-corrected chi connectivity index (χ4v) is 3.50. The Morgan fingerprint density at radius 3 is 2.57 bits per heavy atom. The number of rotatable bonds is 5. The van der Waals surface area contributed by atoms with Gasteiger partial charge in [-0.25, -0.2) is 0 Å². The third-order valence-electron chi connectivity index (χ3n) is 3.63. The molecule has 2 rings (SSSR count). The molecule has 21 heavy (non-hydrogen) atoms. The maximum Gasteiger partial charge on any atom is 0.177 e. The summed E-state index contributed by atoms with van der Waals surface area (Å²) in [6, 6.07) is 0.411. The van der Waals surface area contributed by atoms with Crippen molar-refractivity contribution >= 4 is 27.8 Å². The summed E-state index contributed by atoms with van der Waals surface area (Å²) < 4.78 is 5.83. The van der Waals surface area contributed by atoms with E-state index in [-0.39, 0.29) is 11.9 Å². The molecule has 0 aromatic carbocycles. The zero-order chi connectivity index (χ0) is 15.6. The second-order valence-corrected chi connectivity index (χ2v) is 6.97. The monoisotopic (exact) mass is 311 g/mol. The number of nitrogens with zero attached hydrogens (tertiary/aromatic N) is 1. The van der Waals surface area contributed by atoms with Crippen molar-refractivity contribution in [2.75, 3.05) is 31.2 Å². The number of nitrogens with two attached hydrogens (primary N) is 1. The van der Waals surface area contributed by atoms with Crippen LogP contribution in [0.25, 0.3) is 0 Å². The van der Waals surface area contributed by atoms with Gasteiger partial charge in [-0.3, -0.25) is 4.79 Å². The zero-order valence-corrected chi connectivity index (χ0v) is 14.0. The summed E-state index contributed by atoms with van der Waals surface area (Å²) >= 11 is 1.41. The van der Waals surface area contributed by atoms with Gasteiger partial charge in [0.2, 0.25) is 0 Å². The normalized spacial score (nSPS) is 17.2. The summed E-state index contributed by atoms with van der Waals surface area (Å²) in [5.74, 6) is 0.627. The Balaban J connectivity index is 2.20. The van der Waals surface area contributed by atoms with E-state index in [4.69, 9.17) is 10.5 Å². The number of carbonyl (C=O) groups is 1. The molecule has 0 aliphatic carbocycles. The summed E-state index contributed by atoms with van der Waals surface area (Å²) in [6.45, 7) is 7.63. The molecule has 1 aromatic rings. The number of Topliss-reactive ketones (excluding diaryl/α,β-unsaturated/α-hetero) is 1. The third-order valence-corrected chi connectivity index (χ3v) is 4.85. The first-order valence-electron chi connectivity index (χ1n) is 7.43. The number of hydrogen-bond acceptors (Lipinski definition) is 6. The molecule has 6 heteroatoms. The SMILES string of the molecule is CC(=O)c1sc(NC2CCN(C)CC2)c(OC(C)C)c1N. The number of hydrogen-bond donors (Lipinski definition) is 2. The Labute approximate surface area is 130 Å². The van der Waals surface area contributed by atoms with Gasteiger partial charge in [0.1, 0.15) is 5.00 Å². The van der Waals surface area contributed by atoms with Crippen LogP contribution in [0, 0.1) is 0 Å². The van der Waals surface area contributed by atoms with Crippen molar-refractivity contribution in [3.05, 3.63) is 4.88 Å². The van der Waals surface area contributed by atoms with Gasteiger partial charge in [0.05, 0.1) is 16.7 Å². The van der Waals surface area contributed by atoms with E-state index < -0.39 is 0 Å². The van der Waals surface area contributed by atoms with Crippen LogP contribution >= 0.6 is 11.3 Å². The van der Waals surface area contributed by atoms with Crippen molar-refractivity contribution in [1.82, 2.24) is 4.90 Å². The predicted octanol–water partition coefficient (Wildman–Crippen LogP) is 2.83. The van der Waals surface area contributed by atoms with Crippen LogP contribution < -0.4 is 15.8 Å². The molecule has 118 valence electrons. The van der Waals surface area contributed by atoms with Gasteiger partial charge < -0.3 is 20.7 Å². The third kappa shape index (κ3) is 3.89. The van der Waals surface area contributed by atoms with E-state index in [1.807, 2.05) is 13.8 Å². The fourth-order valence-electron chi connectivity index (χ4n) is 2.48. The molecule has 0 atom stereocenters. The molecule has 0 unspecified atom stereocenters. The fraction of sp³-hybridized carbons (Fsp3) is 0.667. The van der Waals surface area contributed by atoms with Crippen LogP contribution in [0.1, 0.15) is 43.3 Å². The first-order chi connectivity index (χ1) is 9.88. The number of anilines is 2. The summed E-state index contributed by atoms with van der Waals surface area (Å²) in [7, 11) is 2.14. The Hall–Kier alpha value is -1.27. The highest BCUT2D eigenvalue weighted by atomic mass is 32.1. The van der Waals surface area contributed by atoms with Gasteiger partial charge in [0, 0.05) is 13.0 Å². The lowest BCUT2D eigenvalue weighted by Gasteiger charge is -2.30. The van der Waals surface area contributed by atoms with Gasteiger partial charge in [0.25, 0.3) is 0 Å². The lowest BCUT2D eigenvalue weighted by Crippen LogP contribution is -2.36. The highest BCUT2D eigenvalue weighted by molar-refractivity contribution is 7.19. The smallest absolute Gasteiger partial charge is 0.177 e. The number of nitrogens with one attached hydrogen (secondary N) is 1. The molecular weight excluding hydrogens is 286 g/mol. The van der Waals surface area contributed by atoms with Crippen molar-refractivity contribution in [2.24, 2.45) is 0 Å². The molecule has 0 saturated carbocycles. The number of ether oxygens (including phenoxy) is 1. The van der Waals surface area contributed by atoms with E-state index in [9.17, 15) is 4.79 Å². The number of ketones is 1. The number of likely N-dealkylation sites (tertiary alicyclic amines) is 1. The Morgan fingerprint density at radius 2 is 2.05 bits per heavy atom. The molecule has 0 spiro atoms. The molecule has 2 heterocycles. The van der Waals surface area contributed by atoms with Crippen molar-refractivity contribution < 1.29 is 9.53 Å². The zero-order valence-electron chi connectivity index (χ0n) is 13.2. The van der Waals surface area contributed by atoms with E-state index in [0.717, 1.165) is 30.9 Å². The Bertz CT molecular complexity index is 505. The van der Waals surface area contributed by atoms with Gasteiger partial charge in [-0.1, -0.05) is 0 Å². The van der Waals surface area contributed by atoms with E-state index in [2.05, 4.69) is 17.3 Å². The van der Waals surface area contributed by atoms with E-state index in [1.165, 1.54) is 11.3 Å². The molecule has 3 N–H and O–H groups in total. The minimum atomic E-state index is -0.0115. The van der Waals surface area contributed by atoms with E-state index in [1.54, 1.807) is 6.92 Å². The van der Waals surface area contributed by atoms with Crippen molar-refractivity contribution in [3.8, 4) is 5.75 Å². The van der Waals surface area contributed by atoms with Crippen LogP contribution in [0.4, 0.5) is 10.7 Å². The van der Waals surface area contributed by atoms with Crippen LogP contribution in [0.3, 0.4) is 0 Å². The standard InChI is InChI=1S/C15H25N3O2S/c1-9(2)20-13-12(16)14(10(3)19)21-15(13)17-11-5-7-18(4)8-6-11/h9,11,17H,5-8,16H2,1-4H3. The van der Waals surface area contributed by atoms with E-state index >= 15 is 0 Å². The maximum absolute atomic E-state index is 11.7. The quantitative estimate of drug-likeness (QED) is 0.819. The van der Waals surface area contributed by atoms with E-state index in [0.29, 0.717) is 22.4 Å². The maximum atomic E-state index is 11.7. The first-order valence-corrected chi connectivity index (χ1v) is 8.25. The summed E-state index contributed by atoms with van der Waals surface area (Å²) in [4.78, 5) is 14.6. The number of piperidine rings is 1. The van der Waals surface area contributed by atoms with Gasteiger partial charge in [-0.05, 0) is 46.8 Å². The van der Waals surface area contributed by atoms with Crippen molar-refractivity contribution in [1.29, 1.82) is 0 Å².